The van der Waals surface area contributed by atoms with Crippen LogP contribution in [-0.4, -0.2) is 19.6 Å². The van der Waals surface area contributed by atoms with E-state index < -0.39 is 0 Å². The van der Waals surface area contributed by atoms with Crippen LogP contribution >= 0.6 is 0 Å². The van der Waals surface area contributed by atoms with Crippen molar-refractivity contribution in [2.45, 2.75) is 39.0 Å². The van der Waals surface area contributed by atoms with E-state index in [2.05, 4.69) is 24.4 Å². The van der Waals surface area contributed by atoms with Gasteiger partial charge in [0.1, 0.15) is 5.75 Å². The highest BCUT2D eigenvalue weighted by molar-refractivity contribution is 5.75. The van der Waals surface area contributed by atoms with E-state index >= 15 is 0 Å². The maximum atomic E-state index is 11.4. The van der Waals surface area contributed by atoms with E-state index in [1.807, 2.05) is 12.1 Å². The number of methoxy groups -OCH3 is 1. The molecule has 1 amide bonds. The van der Waals surface area contributed by atoms with Crippen molar-refractivity contribution in [3.05, 3.63) is 29.8 Å². The lowest BCUT2D eigenvalue weighted by molar-refractivity contribution is -0.121. The number of carbonyl (C=O) groups is 1. The fraction of sp³-hybridized carbons (Fsp3) is 0.533. The Morgan fingerprint density at radius 2 is 1.94 bits per heavy atom. The molecule has 1 aromatic rings. The van der Waals surface area contributed by atoms with Gasteiger partial charge in [0.05, 0.1) is 7.11 Å². The Labute approximate surface area is 110 Å². The van der Waals surface area contributed by atoms with E-state index in [1.165, 1.54) is 5.56 Å². The number of amides is 1. The van der Waals surface area contributed by atoms with E-state index in [0.717, 1.165) is 38.0 Å². The number of carbonyl (C=O) groups excluding carboxylic acids is 1. The number of benzene rings is 1. The molecule has 0 spiro atoms. The zero-order valence-electron chi connectivity index (χ0n) is 11.4. The van der Waals surface area contributed by atoms with Crippen LogP contribution < -0.4 is 10.1 Å². The maximum absolute atomic E-state index is 11.4. The molecular formula is C15H23NO2. The second-order valence-electron chi connectivity index (χ2n) is 4.41. The lowest BCUT2D eigenvalue weighted by atomic mass is 10.1. The number of aryl methyl sites for hydroxylation is 1. The van der Waals surface area contributed by atoms with E-state index in [-0.39, 0.29) is 5.91 Å². The third-order valence-electron chi connectivity index (χ3n) is 2.85. The molecule has 1 rings (SSSR count). The van der Waals surface area contributed by atoms with Gasteiger partial charge in [-0.25, -0.2) is 0 Å². The van der Waals surface area contributed by atoms with Gasteiger partial charge >= 0.3 is 0 Å². The predicted octanol–water partition coefficient (Wildman–Crippen LogP) is 2.93. The molecule has 0 heterocycles. The van der Waals surface area contributed by atoms with Crippen molar-refractivity contribution >= 4 is 5.91 Å². The van der Waals surface area contributed by atoms with Crippen LogP contribution in [0.3, 0.4) is 0 Å². The lowest BCUT2D eigenvalue weighted by Crippen LogP contribution is -2.23. The van der Waals surface area contributed by atoms with Crippen molar-refractivity contribution < 1.29 is 9.53 Å². The summed E-state index contributed by atoms with van der Waals surface area (Å²) in [5.41, 5.74) is 1.30. The van der Waals surface area contributed by atoms with E-state index in [4.69, 9.17) is 4.74 Å². The Morgan fingerprint density at radius 1 is 1.22 bits per heavy atom. The summed E-state index contributed by atoms with van der Waals surface area (Å²) in [6.45, 7) is 2.85. The summed E-state index contributed by atoms with van der Waals surface area (Å²) in [6.07, 6.45) is 4.65. The van der Waals surface area contributed by atoms with Gasteiger partial charge < -0.3 is 10.1 Å². The van der Waals surface area contributed by atoms with Crippen molar-refractivity contribution in [1.82, 2.24) is 5.32 Å². The zero-order chi connectivity index (χ0) is 13.2. The Balaban J connectivity index is 2.15. The number of hydrogen-bond acceptors (Lipinski definition) is 2. The van der Waals surface area contributed by atoms with Crippen LogP contribution in [0.5, 0.6) is 5.75 Å². The van der Waals surface area contributed by atoms with Crippen molar-refractivity contribution in [3.63, 3.8) is 0 Å². The summed E-state index contributed by atoms with van der Waals surface area (Å²) < 4.78 is 5.11. The molecule has 0 aliphatic carbocycles. The molecule has 0 bridgehead atoms. The highest BCUT2D eigenvalue weighted by Crippen LogP contribution is 2.13. The van der Waals surface area contributed by atoms with Gasteiger partial charge in [0, 0.05) is 13.0 Å². The van der Waals surface area contributed by atoms with Gasteiger partial charge in [-0.1, -0.05) is 19.1 Å². The minimum absolute atomic E-state index is 0.173. The van der Waals surface area contributed by atoms with Gasteiger partial charge in [-0.05, 0) is 43.4 Å². The van der Waals surface area contributed by atoms with Crippen LogP contribution in [-0.2, 0) is 11.2 Å². The topological polar surface area (TPSA) is 38.3 Å². The second-order valence-corrected chi connectivity index (χ2v) is 4.41. The van der Waals surface area contributed by atoms with Crippen LogP contribution in [0.1, 0.15) is 38.2 Å². The smallest absolute Gasteiger partial charge is 0.219 e. The van der Waals surface area contributed by atoms with Gasteiger partial charge in [0.25, 0.3) is 0 Å². The van der Waals surface area contributed by atoms with Gasteiger partial charge in [0.15, 0.2) is 0 Å². The first-order valence-corrected chi connectivity index (χ1v) is 6.66. The van der Waals surface area contributed by atoms with Crippen LogP contribution in [0, 0.1) is 0 Å². The van der Waals surface area contributed by atoms with Crippen LogP contribution in [0.2, 0.25) is 0 Å². The molecular weight excluding hydrogens is 226 g/mol. The summed E-state index contributed by atoms with van der Waals surface area (Å²) in [5.74, 6) is 1.06. The predicted molar refractivity (Wildman–Crippen MR) is 73.8 cm³/mol. The molecule has 0 aromatic heterocycles. The number of unbranched alkanes of at least 4 members (excludes halogenated alkanes) is 1. The molecule has 0 unspecified atom stereocenters. The molecule has 0 saturated heterocycles. The first kappa shape index (κ1) is 14.6. The van der Waals surface area contributed by atoms with E-state index in [1.54, 1.807) is 7.11 Å². The van der Waals surface area contributed by atoms with Gasteiger partial charge in [-0.2, -0.15) is 0 Å². The SMILES string of the molecule is CCCNC(=O)CCCCc1ccc(OC)cc1. The van der Waals surface area contributed by atoms with Crippen molar-refractivity contribution in [3.8, 4) is 5.75 Å². The Bertz CT molecular complexity index is 346. The molecule has 1 N–H and O–H groups in total. The average Bonchev–Trinajstić information content (AvgIpc) is 2.42. The number of hydrogen-bond donors (Lipinski definition) is 1. The summed E-state index contributed by atoms with van der Waals surface area (Å²) in [6, 6.07) is 8.11. The van der Waals surface area contributed by atoms with Crippen LogP contribution in [0.4, 0.5) is 0 Å². The molecule has 100 valence electrons. The summed E-state index contributed by atoms with van der Waals surface area (Å²) in [7, 11) is 1.67. The van der Waals surface area contributed by atoms with Crippen molar-refractivity contribution in [1.29, 1.82) is 0 Å². The minimum atomic E-state index is 0.173. The highest BCUT2D eigenvalue weighted by Gasteiger charge is 2.00. The second kappa shape index (κ2) is 8.56. The zero-order valence-corrected chi connectivity index (χ0v) is 11.4. The minimum Gasteiger partial charge on any atom is -0.497 e. The van der Waals surface area contributed by atoms with Gasteiger partial charge in [0.2, 0.25) is 5.91 Å². The standard InChI is InChI=1S/C15H23NO2/c1-3-12-16-15(17)7-5-4-6-13-8-10-14(18-2)11-9-13/h8-11H,3-7,12H2,1-2H3,(H,16,17). The molecule has 0 radical (unpaired) electrons. The Kier molecular flexibility index (Phi) is 6.92. The molecule has 0 fully saturated rings. The quantitative estimate of drug-likeness (QED) is 0.719. The Hall–Kier alpha value is -1.51. The van der Waals surface area contributed by atoms with Gasteiger partial charge in [-0.15, -0.1) is 0 Å². The molecule has 1 aromatic carbocycles. The third-order valence-corrected chi connectivity index (χ3v) is 2.85. The summed E-state index contributed by atoms with van der Waals surface area (Å²) >= 11 is 0. The van der Waals surface area contributed by atoms with Crippen LogP contribution in [0.25, 0.3) is 0 Å². The number of ether oxygens (including phenoxy) is 1. The Morgan fingerprint density at radius 3 is 2.56 bits per heavy atom. The summed E-state index contributed by atoms with van der Waals surface area (Å²) in [5, 5.41) is 2.89. The third kappa shape index (κ3) is 5.71. The van der Waals surface area contributed by atoms with Crippen molar-refractivity contribution in [2.75, 3.05) is 13.7 Å². The fourth-order valence-corrected chi connectivity index (χ4v) is 1.76. The molecule has 0 atom stereocenters. The van der Waals surface area contributed by atoms with E-state index in [0.29, 0.717) is 6.42 Å². The number of rotatable bonds is 8. The summed E-state index contributed by atoms with van der Waals surface area (Å²) in [4.78, 5) is 11.4. The fourth-order valence-electron chi connectivity index (χ4n) is 1.76. The maximum Gasteiger partial charge on any atom is 0.219 e. The van der Waals surface area contributed by atoms with Crippen molar-refractivity contribution in [2.24, 2.45) is 0 Å². The first-order chi connectivity index (χ1) is 8.76. The molecule has 3 nitrogen and oxygen atoms in total. The molecule has 0 aliphatic rings. The highest BCUT2D eigenvalue weighted by atomic mass is 16.5. The number of nitrogens with one attached hydrogen (secondary N) is 1. The molecule has 3 heteroatoms. The largest absolute Gasteiger partial charge is 0.497 e. The average molecular weight is 249 g/mol. The first-order valence-electron chi connectivity index (χ1n) is 6.66. The normalized spacial score (nSPS) is 10.1. The molecule has 0 aliphatic heterocycles. The van der Waals surface area contributed by atoms with Crippen LogP contribution in [0.15, 0.2) is 24.3 Å². The lowest BCUT2D eigenvalue weighted by Gasteiger charge is -2.04. The van der Waals surface area contributed by atoms with Gasteiger partial charge in [-0.3, -0.25) is 4.79 Å². The van der Waals surface area contributed by atoms with E-state index in [9.17, 15) is 4.79 Å². The monoisotopic (exact) mass is 249 g/mol. The molecule has 0 saturated carbocycles. The molecule has 18 heavy (non-hydrogen) atoms.